The minimum atomic E-state index is -0.682. The Hall–Kier alpha value is -2.76. The van der Waals surface area contributed by atoms with Crippen molar-refractivity contribution in [1.82, 2.24) is 10.2 Å². The second-order valence-electron chi connectivity index (χ2n) is 7.11. The Labute approximate surface area is 191 Å². The van der Waals surface area contributed by atoms with E-state index in [9.17, 15) is 9.59 Å². The highest BCUT2D eigenvalue weighted by Crippen LogP contribution is 2.26. The van der Waals surface area contributed by atoms with Crippen LogP contribution in [0.1, 0.15) is 19.4 Å². The average Bonchev–Trinajstić information content (AvgIpc) is 2.77. The molecule has 1 atom stereocenters. The number of fused-ring (bicyclic) bond motifs is 1. The van der Waals surface area contributed by atoms with E-state index in [2.05, 4.69) is 5.32 Å². The van der Waals surface area contributed by atoms with Crippen LogP contribution in [0.5, 0.6) is 5.75 Å². The van der Waals surface area contributed by atoms with Gasteiger partial charge in [-0.25, -0.2) is 0 Å². The molecule has 3 rings (SSSR count). The van der Waals surface area contributed by atoms with E-state index in [1.165, 1.54) is 4.90 Å². The summed E-state index contributed by atoms with van der Waals surface area (Å²) >= 11 is 12.1. The average molecular weight is 459 g/mol. The van der Waals surface area contributed by atoms with Gasteiger partial charge in [0.15, 0.2) is 6.61 Å². The largest absolute Gasteiger partial charge is 0.483 e. The molecule has 3 aromatic rings. The molecule has 0 aromatic heterocycles. The van der Waals surface area contributed by atoms with Crippen molar-refractivity contribution >= 4 is 45.8 Å². The number of nitrogens with zero attached hydrogens (tertiary/aromatic N) is 1. The van der Waals surface area contributed by atoms with Gasteiger partial charge in [0.05, 0.1) is 10.0 Å². The third kappa shape index (κ3) is 5.69. The van der Waals surface area contributed by atoms with E-state index in [0.717, 1.165) is 16.3 Å². The zero-order valence-electron chi connectivity index (χ0n) is 17.4. The number of halogens is 2. The summed E-state index contributed by atoms with van der Waals surface area (Å²) in [5.74, 6) is 0.0745. The molecule has 0 aliphatic rings. The predicted molar refractivity (Wildman–Crippen MR) is 125 cm³/mol. The Bertz CT molecular complexity index is 1080. The van der Waals surface area contributed by atoms with Gasteiger partial charge in [-0.2, -0.15) is 0 Å². The van der Waals surface area contributed by atoms with Gasteiger partial charge >= 0.3 is 0 Å². The zero-order valence-corrected chi connectivity index (χ0v) is 18.9. The van der Waals surface area contributed by atoms with Crippen LogP contribution < -0.4 is 10.1 Å². The summed E-state index contributed by atoms with van der Waals surface area (Å²) in [6, 6.07) is 18.0. The van der Waals surface area contributed by atoms with Gasteiger partial charge in [0.25, 0.3) is 5.91 Å². The Morgan fingerprint density at radius 3 is 2.52 bits per heavy atom. The van der Waals surface area contributed by atoms with E-state index >= 15 is 0 Å². The second-order valence-corrected chi connectivity index (χ2v) is 7.92. The first kappa shape index (κ1) is 22.9. The van der Waals surface area contributed by atoms with Crippen LogP contribution in [0.15, 0.2) is 60.7 Å². The fourth-order valence-electron chi connectivity index (χ4n) is 3.28. The normalized spacial score (nSPS) is 11.7. The minimum absolute atomic E-state index is 0.195. The maximum atomic E-state index is 13.1. The van der Waals surface area contributed by atoms with Crippen LogP contribution in [-0.2, 0) is 16.1 Å². The van der Waals surface area contributed by atoms with Gasteiger partial charge in [-0.15, -0.1) is 0 Å². The number of nitrogens with one attached hydrogen (secondary N) is 1. The zero-order chi connectivity index (χ0) is 22.4. The molecule has 1 N–H and O–H groups in total. The molecule has 0 saturated heterocycles. The van der Waals surface area contributed by atoms with Crippen molar-refractivity contribution in [3.8, 4) is 5.75 Å². The molecule has 2 amide bonds. The third-order valence-electron chi connectivity index (χ3n) is 4.96. The lowest BCUT2D eigenvalue weighted by molar-refractivity contribution is -0.142. The van der Waals surface area contributed by atoms with E-state index in [1.807, 2.05) is 49.4 Å². The Morgan fingerprint density at radius 1 is 1.03 bits per heavy atom. The molecule has 3 aromatic carbocycles. The molecular formula is C24H24Cl2N2O3. The summed E-state index contributed by atoms with van der Waals surface area (Å²) in [6.45, 7) is 4.01. The fourth-order valence-corrected chi connectivity index (χ4v) is 3.60. The molecule has 31 heavy (non-hydrogen) atoms. The van der Waals surface area contributed by atoms with Gasteiger partial charge in [0, 0.05) is 18.5 Å². The Balaban J connectivity index is 1.80. The highest BCUT2D eigenvalue weighted by Gasteiger charge is 2.26. The third-order valence-corrected chi connectivity index (χ3v) is 5.70. The van der Waals surface area contributed by atoms with Gasteiger partial charge in [-0.1, -0.05) is 65.7 Å². The van der Waals surface area contributed by atoms with Gasteiger partial charge < -0.3 is 15.0 Å². The second kappa shape index (κ2) is 10.5. The van der Waals surface area contributed by atoms with E-state index in [1.54, 1.807) is 25.1 Å². The quantitative estimate of drug-likeness (QED) is 0.511. The maximum absolute atomic E-state index is 13.1. The number of rotatable bonds is 8. The van der Waals surface area contributed by atoms with Crippen molar-refractivity contribution in [2.45, 2.75) is 26.4 Å². The van der Waals surface area contributed by atoms with Crippen LogP contribution in [0.4, 0.5) is 0 Å². The summed E-state index contributed by atoms with van der Waals surface area (Å²) in [7, 11) is 0. The molecule has 0 spiro atoms. The number of benzene rings is 3. The van der Waals surface area contributed by atoms with Crippen molar-refractivity contribution in [3.63, 3.8) is 0 Å². The lowest BCUT2D eigenvalue weighted by atomic mass is 10.1. The monoisotopic (exact) mass is 458 g/mol. The van der Waals surface area contributed by atoms with Crippen molar-refractivity contribution in [2.24, 2.45) is 0 Å². The molecule has 162 valence electrons. The fraction of sp³-hybridized carbons (Fsp3) is 0.250. The van der Waals surface area contributed by atoms with Crippen LogP contribution in [-0.4, -0.2) is 35.9 Å². The first-order valence-electron chi connectivity index (χ1n) is 10.0. The summed E-state index contributed by atoms with van der Waals surface area (Å²) in [6.07, 6.45) is 0. The molecule has 0 radical (unpaired) electrons. The first-order chi connectivity index (χ1) is 14.9. The molecule has 0 saturated carbocycles. The van der Waals surface area contributed by atoms with E-state index in [4.69, 9.17) is 27.9 Å². The van der Waals surface area contributed by atoms with E-state index in [0.29, 0.717) is 22.3 Å². The number of carbonyl (C=O) groups is 2. The van der Waals surface area contributed by atoms with Gasteiger partial charge in [0.1, 0.15) is 11.8 Å². The lowest BCUT2D eigenvalue weighted by Crippen LogP contribution is -2.49. The van der Waals surface area contributed by atoms with E-state index < -0.39 is 6.04 Å². The summed E-state index contributed by atoms with van der Waals surface area (Å²) in [5, 5.41) is 5.53. The molecule has 7 heteroatoms. The summed E-state index contributed by atoms with van der Waals surface area (Å²) < 4.78 is 5.86. The SMILES string of the molecule is CCNC(=O)[C@@H](C)N(Cc1ccc(Cl)c(Cl)c1)C(=O)COc1cccc2ccccc12. The molecule has 0 aliphatic heterocycles. The molecule has 5 nitrogen and oxygen atoms in total. The minimum Gasteiger partial charge on any atom is -0.483 e. The van der Waals surface area contributed by atoms with Crippen molar-refractivity contribution in [1.29, 1.82) is 0 Å². The van der Waals surface area contributed by atoms with Crippen LogP contribution >= 0.6 is 23.2 Å². The first-order valence-corrected chi connectivity index (χ1v) is 10.8. The number of hydrogen-bond acceptors (Lipinski definition) is 3. The Kier molecular flexibility index (Phi) is 7.77. The number of hydrogen-bond donors (Lipinski definition) is 1. The molecular weight excluding hydrogens is 435 g/mol. The van der Waals surface area contributed by atoms with Crippen molar-refractivity contribution < 1.29 is 14.3 Å². The summed E-state index contributed by atoms with van der Waals surface area (Å²) in [5.41, 5.74) is 0.768. The highest BCUT2D eigenvalue weighted by molar-refractivity contribution is 6.42. The van der Waals surface area contributed by atoms with Crippen LogP contribution in [0, 0.1) is 0 Å². The number of likely N-dealkylation sites (N-methyl/N-ethyl adjacent to an activating group) is 1. The number of carbonyl (C=O) groups excluding carboxylic acids is 2. The molecule has 0 aliphatic carbocycles. The molecule has 0 fully saturated rings. The van der Waals surface area contributed by atoms with E-state index in [-0.39, 0.29) is 25.0 Å². The van der Waals surface area contributed by atoms with Crippen LogP contribution in [0.2, 0.25) is 10.0 Å². The highest BCUT2D eigenvalue weighted by atomic mass is 35.5. The number of amides is 2. The van der Waals surface area contributed by atoms with Crippen molar-refractivity contribution in [3.05, 3.63) is 76.3 Å². The van der Waals surface area contributed by atoms with Gasteiger partial charge in [0.2, 0.25) is 5.91 Å². The molecule has 0 unspecified atom stereocenters. The summed E-state index contributed by atoms with van der Waals surface area (Å²) in [4.78, 5) is 27.1. The standard InChI is InChI=1S/C24H24Cl2N2O3/c1-3-27-24(30)16(2)28(14-17-11-12-20(25)21(26)13-17)23(29)15-31-22-10-6-8-18-7-4-5-9-19(18)22/h4-13,16H,3,14-15H2,1-2H3,(H,27,30)/t16-/m1/s1. The number of ether oxygens (including phenoxy) is 1. The molecule has 0 heterocycles. The lowest BCUT2D eigenvalue weighted by Gasteiger charge is -2.28. The predicted octanol–water partition coefficient (Wildman–Crippen LogP) is 5.08. The van der Waals surface area contributed by atoms with Crippen LogP contribution in [0.3, 0.4) is 0 Å². The van der Waals surface area contributed by atoms with Crippen LogP contribution in [0.25, 0.3) is 10.8 Å². The van der Waals surface area contributed by atoms with Gasteiger partial charge in [-0.05, 0) is 43.0 Å². The smallest absolute Gasteiger partial charge is 0.261 e. The van der Waals surface area contributed by atoms with Gasteiger partial charge in [-0.3, -0.25) is 9.59 Å². The topological polar surface area (TPSA) is 58.6 Å². The Morgan fingerprint density at radius 2 is 1.77 bits per heavy atom. The maximum Gasteiger partial charge on any atom is 0.261 e. The molecule has 0 bridgehead atoms. The van der Waals surface area contributed by atoms with Crippen molar-refractivity contribution in [2.75, 3.05) is 13.2 Å².